The minimum absolute atomic E-state index is 0.0544. The number of sulfonamides is 1. The molecule has 154 valence electrons. The van der Waals surface area contributed by atoms with Crippen molar-refractivity contribution in [2.45, 2.75) is 17.7 Å². The van der Waals surface area contributed by atoms with Gasteiger partial charge in [-0.15, -0.1) is 0 Å². The first-order chi connectivity index (χ1) is 13.9. The Morgan fingerprint density at radius 1 is 1.10 bits per heavy atom. The first-order valence-corrected chi connectivity index (χ1v) is 11.6. The van der Waals surface area contributed by atoms with Crippen LogP contribution in [0.25, 0.3) is 0 Å². The number of fused-ring (bicyclic) bond motifs is 1. The summed E-state index contributed by atoms with van der Waals surface area (Å²) in [6.45, 7) is 1.62. The molecule has 6 nitrogen and oxygen atoms in total. The van der Waals surface area contributed by atoms with Crippen molar-refractivity contribution in [1.29, 1.82) is 0 Å². The van der Waals surface area contributed by atoms with Gasteiger partial charge in [0, 0.05) is 29.7 Å². The molecule has 0 radical (unpaired) electrons. The van der Waals surface area contributed by atoms with Crippen LogP contribution in [0.4, 0.5) is 10.1 Å². The van der Waals surface area contributed by atoms with Gasteiger partial charge in [-0.25, -0.2) is 12.8 Å². The van der Waals surface area contributed by atoms with Gasteiger partial charge in [-0.05, 0) is 48.7 Å². The smallest absolute Gasteiger partial charge is 0.258 e. The van der Waals surface area contributed by atoms with Gasteiger partial charge in [-0.3, -0.25) is 4.79 Å². The second-order valence-corrected chi connectivity index (χ2v) is 9.85. The highest BCUT2D eigenvalue weighted by Crippen LogP contribution is 2.34. The molecule has 2 aliphatic rings. The van der Waals surface area contributed by atoms with Gasteiger partial charge in [0.05, 0.1) is 23.8 Å². The zero-order valence-electron chi connectivity index (χ0n) is 15.6. The minimum atomic E-state index is -3.72. The van der Waals surface area contributed by atoms with Gasteiger partial charge in [0.15, 0.2) is 0 Å². The summed E-state index contributed by atoms with van der Waals surface area (Å²) in [5.41, 5.74) is 1.24. The molecule has 2 aromatic rings. The van der Waals surface area contributed by atoms with E-state index < -0.39 is 21.7 Å². The van der Waals surface area contributed by atoms with Crippen molar-refractivity contribution in [2.24, 2.45) is 0 Å². The molecule has 0 bridgehead atoms. The summed E-state index contributed by atoms with van der Waals surface area (Å²) >= 11 is 3.29. The van der Waals surface area contributed by atoms with Gasteiger partial charge in [0.25, 0.3) is 5.91 Å². The molecule has 2 aromatic carbocycles. The van der Waals surface area contributed by atoms with Gasteiger partial charge in [-0.2, -0.15) is 4.31 Å². The summed E-state index contributed by atoms with van der Waals surface area (Å²) < 4.78 is 47.6. The fourth-order valence-electron chi connectivity index (χ4n) is 3.74. The third-order valence-corrected chi connectivity index (χ3v) is 7.49. The molecule has 4 rings (SSSR count). The van der Waals surface area contributed by atoms with Gasteiger partial charge < -0.3 is 9.64 Å². The lowest BCUT2D eigenvalue weighted by molar-refractivity contribution is 0.0730. The van der Waals surface area contributed by atoms with Crippen LogP contribution in [0.3, 0.4) is 0 Å². The average Bonchev–Trinajstić information content (AvgIpc) is 2.73. The molecule has 1 saturated heterocycles. The van der Waals surface area contributed by atoms with Gasteiger partial charge in [-0.1, -0.05) is 22.0 Å². The van der Waals surface area contributed by atoms with E-state index in [1.807, 2.05) is 6.07 Å². The second-order valence-electron chi connectivity index (χ2n) is 7.00. The third-order valence-electron chi connectivity index (χ3n) is 5.14. The summed E-state index contributed by atoms with van der Waals surface area (Å²) in [6.07, 6.45) is 1.39. The van der Waals surface area contributed by atoms with Crippen LogP contribution in [0, 0.1) is 5.82 Å². The molecule has 0 unspecified atom stereocenters. The fraction of sp³-hybridized carbons (Fsp3) is 0.350. The quantitative estimate of drug-likeness (QED) is 0.673. The number of aryl methyl sites for hydroxylation is 1. The second kappa shape index (κ2) is 8.14. The molecule has 2 heterocycles. The van der Waals surface area contributed by atoms with E-state index in [1.54, 1.807) is 12.1 Å². The number of halogens is 2. The highest BCUT2D eigenvalue weighted by Gasteiger charge is 2.30. The molecule has 0 saturated carbocycles. The van der Waals surface area contributed by atoms with Crippen molar-refractivity contribution >= 4 is 37.5 Å². The first-order valence-electron chi connectivity index (χ1n) is 9.35. The molecule has 0 spiro atoms. The van der Waals surface area contributed by atoms with Crippen LogP contribution in [-0.2, 0) is 21.2 Å². The Kier molecular flexibility index (Phi) is 5.74. The monoisotopic (exact) mass is 482 g/mol. The number of ether oxygens (including phenoxy) is 1. The molecule has 0 aromatic heterocycles. The molecule has 29 heavy (non-hydrogen) atoms. The number of morpholine rings is 1. The average molecular weight is 483 g/mol. The summed E-state index contributed by atoms with van der Waals surface area (Å²) in [6, 6.07) is 9.11. The molecule has 9 heteroatoms. The van der Waals surface area contributed by atoms with Crippen LogP contribution in [0.2, 0.25) is 0 Å². The van der Waals surface area contributed by atoms with Crippen LogP contribution >= 0.6 is 15.9 Å². The number of benzene rings is 2. The van der Waals surface area contributed by atoms with E-state index in [0.717, 1.165) is 5.56 Å². The topological polar surface area (TPSA) is 66.9 Å². The SMILES string of the molecule is O=C(c1cccc(S(=O)(=O)N2CCOCC2)c1)N1CCCc2cc(Br)cc(F)c21. The highest BCUT2D eigenvalue weighted by atomic mass is 79.9. The number of rotatable bonds is 3. The van der Waals surface area contributed by atoms with Crippen molar-refractivity contribution < 1.29 is 22.3 Å². The van der Waals surface area contributed by atoms with Crippen LogP contribution in [0.15, 0.2) is 45.8 Å². The Labute approximate surface area is 177 Å². The third kappa shape index (κ3) is 3.96. The Morgan fingerprint density at radius 3 is 2.62 bits per heavy atom. The van der Waals surface area contributed by atoms with Crippen LogP contribution in [-0.4, -0.2) is 51.5 Å². The van der Waals surface area contributed by atoms with Crippen molar-refractivity contribution in [1.82, 2.24) is 4.31 Å². The largest absolute Gasteiger partial charge is 0.379 e. The van der Waals surface area contributed by atoms with Gasteiger partial charge in [0.2, 0.25) is 10.0 Å². The Balaban J connectivity index is 1.67. The van der Waals surface area contributed by atoms with E-state index in [0.29, 0.717) is 37.1 Å². The highest BCUT2D eigenvalue weighted by molar-refractivity contribution is 9.10. The minimum Gasteiger partial charge on any atom is -0.379 e. The molecule has 1 fully saturated rings. The van der Waals surface area contributed by atoms with Gasteiger partial charge >= 0.3 is 0 Å². The lowest BCUT2D eigenvalue weighted by Crippen LogP contribution is -2.40. The summed E-state index contributed by atoms with van der Waals surface area (Å²) in [5, 5.41) is 0. The van der Waals surface area contributed by atoms with E-state index in [9.17, 15) is 17.6 Å². The number of amides is 1. The summed E-state index contributed by atoms with van der Waals surface area (Å²) in [7, 11) is -3.72. The maximum absolute atomic E-state index is 14.6. The van der Waals surface area contributed by atoms with Gasteiger partial charge in [0.1, 0.15) is 5.82 Å². The lowest BCUT2D eigenvalue weighted by atomic mass is 10.0. The number of nitrogens with zero attached hydrogens (tertiary/aromatic N) is 2. The predicted octanol–water partition coefficient (Wildman–Crippen LogP) is 3.20. The lowest BCUT2D eigenvalue weighted by Gasteiger charge is -2.30. The van der Waals surface area contributed by atoms with Crippen molar-refractivity contribution in [2.75, 3.05) is 37.7 Å². The van der Waals surface area contributed by atoms with Crippen molar-refractivity contribution in [3.05, 3.63) is 57.8 Å². The number of carbonyl (C=O) groups excluding carboxylic acids is 1. The van der Waals surface area contributed by atoms with Crippen molar-refractivity contribution in [3.8, 4) is 0 Å². The maximum atomic E-state index is 14.6. The predicted molar refractivity (Wildman–Crippen MR) is 110 cm³/mol. The first kappa shape index (κ1) is 20.5. The van der Waals surface area contributed by atoms with E-state index >= 15 is 0 Å². The Morgan fingerprint density at radius 2 is 1.86 bits per heavy atom. The standard InChI is InChI=1S/C20H20BrFN2O4S/c21-16-11-14-4-2-6-24(19(14)18(22)13-16)20(25)15-3-1-5-17(12-15)29(26,27)23-7-9-28-10-8-23/h1,3,5,11-13H,2,4,6-10H2. The van der Waals surface area contributed by atoms with E-state index in [1.165, 1.54) is 27.4 Å². The molecule has 0 N–H and O–H groups in total. The zero-order valence-corrected chi connectivity index (χ0v) is 18.0. The van der Waals surface area contributed by atoms with E-state index in [-0.39, 0.29) is 29.2 Å². The number of hydrogen-bond acceptors (Lipinski definition) is 4. The fourth-order valence-corrected chi connectivity index (χ4v) is 5.67. The van der Waals surface area contributed by atoms with Crippen molar-refractivity contribution in [3.63, 3.8) is 0 Å². The normalized spacial score (nSPS) is 17.8. The zero-order chi connectivity index (χ0) is 20.6. The Hall–Kier alpha value is -1.81. The molecule has 1 amide bonds. The summed E-state index contributed by atoms with van der Waals surface area (Å²) in [5.74, 6) is -0.884. The van der Waals surface area contributed by atoms with Crippen LogP contribution in [0.5, 0.6) is 0 Å². The molecular formula is C20H20BrFN2O4S. The van der Waals surface area contributed by atoms with E-state index in [4.69, 9.17) is 4.74 Å². The number of carbonyl (C=O) groups is 1. The molecule has 0 atom stereocenters. The number of hydrogen-bond donors (Lipinski definition) is 0. The molecule has 0 aliphatic carbocycles. The van der Waals surface area contributed by atoms with Crippen LogP contribution < -0.4 is 4.90 Å². The summed E-state index contributed by atoms with van der Waals surface area (Å²) in [4.78, 5) is 14.6. The number of anilines is 1. The molecular weight excluding hydrogens is 463 g/mol. The molecule has 2 aliphatic heterocycles. The van der Waals surface area contributed by atoms with E-state index in [2.05, 4.69) is 15.9 Å². The maximum Gasteiger partial charge on any atom is 0.258 e. The Bertz CT molecular complexity index is 1050. The van der Waals surface area contributed by atoms with Crippen LogP contribution in [0.1, 0.15) is 22.3 Å².